The van der Waals surface area contributed by atoms with E-state index in [0.29, 0.717) is 18.5 Å². The molecular formula is C25H41N3O5. The quantitative estimate of drug-likeness (QED) is 0.425. The number of aromatic hydroxyl groups is 1. The molecule has 0 bridgehead atoms. The normalized spacial score (nSPS) is 14.0. The van der Waals surface area contributed by atoms with Gasteiger partial charge in [-0.05, 0) is 53.5 Å². The third-order valence-electron chi connectivity index (χ3n) is 5.26. The number of hydrogen-bond acceptors (Lipinski definition) is 5. The summed E-state index contributed by atoms with van der Waals surface area (Å²) in [7, 11) is 0. The first-order chi connectivity index (χ1) is 15.4. The van der Waals surface area contributed by atoms with Crippen molar-refractivity contribution >= 4 is 17.9 Å². The summed E-state index contributed by atoms with van der Waals surface area (Å²) >= 11 is 0. The Morgan fingerprint density at radius 2 is 1.73 bits per heavy atom. The molecule has 0 radical (unpaired) electrons. The molecule has 8 heteroatoms. The maximum absolute atomic E-state index is 13.5. The number of benzene rings is 1. The van der Waals surface area contributed by atoms with Crippen LogP contribution < -0.4 is 10.6 Å². The van der Waals surface area contributed by atoms with Gasteiger partial charge in [-0.2, -0.15) is 0 Å². The van der Waals surface area contributed by atoms with Crippen molar-refractivity contribution in [1.29, 1.82) is 0 Å². The Labute approximate surface area is 198 Å². The zero-order valence-electron chi connectivity index (χ0n) is 21.1. The molecule has 0 saturated carbocycles. The molecule has 0 aliphatic rings. The van der Waals surface area contributed by atoms with Crippen molar-refractivity contribution in [3.8, 4) is 5.75 Å². The fraction of sp³-hybridized carbons (Fsp3) is 0.640. The van der Waals surface area contributed by atoms with E-state index in [0.717, 1.165) is 19.3 Å². The molecule has 1 rings (SSSR count). The number of amides is 3. The molecule has 3 N–H and O–H groups in total. The van der Waals surface area contributed by atoms with Crippen LogP contribution in [0, 0.1) is 0 Å². The zero-order valence-corrected chi connectivity index (χ0v) is 21.1. The Balaban J connectivity index is 3.28. The minimum absolute atomic E-state index is 0.0694. The summed E-state index contributed by atoms with van der Waals surface area (Å²) in [4.78, 5) is 40.6. The van der Waals surface area contributed by atoms with Gasteiger partial charge in [0.2, 0.25) is 11.8 Å². The number of carbonyl (C=O) groups excluding carboxylic acids is 3. The summed E-state index contributed by atoms with van der Waals surface area (Å²) < 4.78 is 5.27. The molecule has 186 valence electrons. The Morgan fingerprint density at radius 3 is 2.27 bits per heavy atom. The topological polar surface area (TPSA) is 108 Å². The van der Waals surface area contributed by atoms with Crippen molar-refractivity contribution in [2.75, 3.05) is 6.54 Å². The van der Waals surface area contributed by atoms with E-state index in [2.05, 4.69) is 17.6 Å². The van der Waals surface area contributed by atoms with Gasteiger partial charge < -0.3 is 25.4 Å². The minimum Gasteiger partial charge on any atom is -0.508 e. The predicted octanol–water partition coefficient (Wildman–Crippen LogP) is 4.28. The van der Waals surface area contributed by atoms with E-state index in [1.807, 2.05) is 13.8 Å². The molecule has 3 atom stereocenters. The Hall–Kier alpha value is -2.77. The molecule has 0 aromatic heterocycles. The number of unbranched alkanes of at least 4 members (excludes halogenated alkanes) is 2. The van der Waals surface area contributed by atoms with Gasteiger partial charge in [-0.15, -0.1) is 0 Å². The first-order valence-electron chi connectivity index (χ1n) is 11.8. The number of alkyl carbamates (subject to hydrolysis) is 1. The average Bonchev–Trinajstić information content (AvgIpc) is 2.73. The zero-order chi connectivity index (χ0) is 25.2. The predicted molar refractivity (Wildman–Crippen MR) is 129 cm³/mol. The van der Waals surface area contributed by atoms with Crippen molar-refractivity contribution in [3.63, 3.8) is 0 Å². The van der Waals surface area contributed by atoms with Crippen LogP contribution in [0.2, 0.25) is 0 Å². The van der Waals surface area contributed by atoms with Crippen molar-refractivity contribution in [2.45, 2.75) is 97.9 Å². The molecule has 0 aliphatic carbocycles. The second kappa shape index (κ2) is 13.1. The smallest absolute Gasteiger partial charge is 0.408 e. The second-order valence-electron chi connectivity index (χ2n) is 9.33. The van der Waals surface area contributed by atoms with E-state index in [9.17, 15) is 19.5 Å². The van der Waals surface area contributed by atoms with Gasteiger partial charge in [-0.3, -0.25) is 9.59 Å². The van der Waals surface area contributed by atoms with E-state index >= 15 is 0 Å². The largest absolute Gasteiger partial charge is 0.508 e. The average molecular weight is 464 g/mol. The molecule has 0 heterocycles. The second-order valence-corrected chi connectivity index (χ2v) is 9.33. The van der Waals surface area contributed by atoms with E-state index in [1.165, 1.54) is 11.0 Å². The Morgan fingerprint density at radius 1 is 1.09 bits per heavy atom. The molecule has 0 aliphatic heterocycles. The summed E-state index contributed by atoms with van der Waals surface area (Å²) in [5.74, 6) is -0.877. The molecule has 0 saturated heterocycles. The first kappa shape index (κ1) is 28.3. The molecule has 1 aromatic rings. The lowest BCUT2D eigenvalue weighted by Gasteiger charge is -2.37. The third-order valence-corrected chi connectivity index (χ3v) is 5.26. The highest BCUT2D eigenvalue weighted by atomic mass is 16.6. The van der Waals surface area contributed by atoms with Crippen LogP contribution in [0.5, 0.6) is 5.75 Å². The number of phenolic OH excluding ortho intramolecular Hbond substituents is 1. The van der Waals surface area contributed by atoms with Crippen molar-refractivity contribution in [1.82, 2.24) is 15.5 Å². The number of rotatable bonds is 11. The lowest BCUT2D eigenvalue weighted by atomic mass is 9.99. The molecule has 3 amide bonds. The summed E-state index contributed by atoms with van der Waals surface area (Å²) in [5.41, 5.74) is -0.372. The molecule has 1 aromatic carbocycles. The highest BCUT2D eigenvalue weighted by molar-refractivity contribution is 5.92. The third kappa shape index (κ3) is 8.94. The highest BCUT2D eigenvalue weighted by Crippen LogP contribution is 2.31. The van der Waals surface area contributed by atoms with E-state index in [-0.39, 0.29) is 17.7 Å². The fourth-order valence-corrected chi connectivity index (χ4v) is 3.38. The van der Waals surface area contributed by atoms with Gasteiger partial charge in [-0.25, -0.2) is 4.79 Å². The van der Waals surface area contributed by atoms with Crippen molar-refractivity contribution in [2.24, 2.45) is 0 Å². The number of nitrogens with zero attached hydrogens (tertiary/aromatic N) is 1. The van der Waals surface area contributed by atoms with Gasteiger partial charge in [0.05, 0.1) is 0 Å². The summed E-state index contributed by atoms with van der Waals surface area (Å²) in [6, 6.07) is 4.21. The number of phenols is 1. The van der Waals surface area contributed by atoms with Crippen LogP contribution in [-0.4, -0.2) is 52.1 Å². The monoisotopic (exact) mass is 463 g/mol. The highest BCUT2D eigenvalue weighted by Gasteiger charge is 2.38. The van der Waals surface area contributed by atoms with E-state index < -0.39 is 29.7 Å². The number of carbonyl (C=O) groups is 3. The van der Waals surface area contributed by atoms with Gasteiger partial charge in [0.15, 0.2) is 0 Å². The number of nitrogens with one attached hydrogen (secondary N) is 2. The fourth-order valence-electron chi connectivity index (χ4n) is 3.38. The first-order valence-corrected chi connectivity index (χ1v) is 11.8. The number of hydrogen-bond donors (Lipinski definition) is 3. The molecular weight excluding hydrogens is 422 g/mol. The molecule has 3 unspecified atom stereocenters. The van der Waals surface area contributed by atoms with Gasteiger partial charge in [0, 0.05) is 18.2 Å². The van der Waals surface area contributed by atoms with Crippen LogP contribution >= 0.6 is 0 Å². The number of ether oxygens (including phenoxy) is 1. The van der Waals surface area contributed by atoms with Crippen molar-refractivity contribution < 1.29 is 24.2 Å². The molecule has 33 heavy (non-hydrogen) atoms. The lowest BCUT2D eigenvalue weighted by Crippen LogP contribution is -2.54. The Bertz CT molecular complexity index is 790. The summed E-state index contributed by atoms with van der Waals surface area (Å²) in [6.07, 6.45) is 2.69. The van der Waals surface area contributed by atoms with E-state index in [4.69, 9.17) is 4.74 Å². The molecule has 8 nitrogen and oxygen atoms in total. The SMILES string of the molecule is CCCCCNC(=O)C(c1ccccc1O)N(C(=O)C(C)NC(=O)OC(C)(C)C)C(C)CC. The maximum atomic E-state index is 13.5. The van der Waals surface area contributed by atoms with Crippen molar-refractivity contribution in [3.05, 3.63) is 29.8 Å². The number of para-hydroxylation sites is 1. The van der Waals surface area contributed by atoms with Crippen LogP contribution in [0.4, 0.5) is 4.79 Å². The summed E-state index contributed by atoms with van der Waals surface area (Å²) in [6.45, 7) is 13.1. The van der Waals surface area contributed by atoms with Gasteiger partial charge in [-0.1, -0.05) is 44.9 Å². The van der Waals surface area contributed by atoms with Gasteiger partial charge >= 0.3 is 6.09 Å². The van der Waals surface area contributed by atoms with Gasteiger partial charge in [0.1, 0.15) is 23.4 Å². The minimum atomic E-state index is -1.04. The maximum Gasteiger partial charge on any atom is 0.408 e. The van der Waals surface area contributed by atoms with Crippen LogP contribution in [-0.2, 0) is 14.3 Å². The lowest BCUT2D eigenvalue weighted by molar-refractivity contribution is -0.144. The standard InChI is InChI=1S/C25H41N3O5/c1-8-10-13-16-26-22(30)21(19-14-11-12-15-20(19)29)28(17(3)9-2)23(31)18(4)27-24(32)33-25(5,6)7/h11-12,14-15,17-18,21,29H,8-10,13,16H2,1-7H3,(H,26,30)(H,27,32). The van der Waals surface area contributed by atoms with Crippen LogP contribution in [0.15, 0.2) is 24.3 Å². The van der Waals surface area contributed by atoms with Gasteiger partial charge in [0.25, 0.3) is 0 Å². The van der Waals surface area contributed by atoms with Crippen LogP contribution in [0.25, 0.3) is 0 Å². The van der Waals surface area contributed by atoms with Crippen LogP contribution in [0.3, 0.4) is 0 Å². The molecule has 0 fully saturated rings. The Kier molecular flexibility index (Phi) is 11.2. The van der Waals surface area contributed by atoms with Crippen LogP contribution in [0.1, 0.15) is 85.8 Å². The van der Waals surface area contributed by atoms with E-state index in [1.54, 1.807) is 45.9 Å². The molecule has 0 spiro atoms. The summed E-state index contributed by atoms with van der Waals surface area (Å²) in [5, 5.41) is 16.0.